The Hall–Kier alpha value is -1.97. The molecule has 24 heavy (non-hydrogen) atoms. The molecular formula is C21H22N2S. The van der Waals surface area contributed by atoms with Crippen LogP contribution in [0.1, 0.15) is 46.1 Å². The summed E-state index contributed by atoms with van der Waals surface area (Å²) >= 11 is 1.82. The molecule has 4 rings (SSSR count). The van der Waals surface area contributed by atoms with Crippen molar-refractivity contribution < 1.29 is 0 Å². The Balaban J connectivity index is 1.61. The molecular weight excluding hydrogens is 312 g/mol. The third kappa shape index (κ3) is 3.42. The fourth-order valence-electron chi connectivity index (χ4n) is 3.48. The molecule has 0 unspecified atom stereocenters. The van der Waals surface area contributed by atoms with E-state index in [9.17, 15) is 0 Å². The van der Waals surface area contributed by atoms with E-state index < -0.39 is 0 Å². The molecule has 0 aliphatic heterocycles. The first-order valence-corrected chi connectivity index (χ1v) is 9.56. The van der Waals surface area contributed by atoms with Crippen LogP contribution in [-0.2, 0) is 19.4 Å². The van der Waals surface area contributed by atoms with Gasteiger partial charge in [0.2, 0.25) is 0 Å². The molecule has 0 spiro atoms. The lowest BCUT2D eigenvalue weighted by atomic mass is 9.89. The van der Waals surface area contributed by atoms with Crippen molar-refractivity contribution in [3.63, 3.8) is 0 Å². The van der Waals surface area contributed by atoms with Gasteiger partial charge >= 0.3 is 0 Å². The normalized spacial score (nSPS) is 15.0. The minimum absolute atomic E-state index is 0.235. The SMILES string of the molecule is c1ccc(CN[C@H](c2ccc3c(c2)CCCC3)c2cccs2)nc1. The van der Waals surface area contributed by atoms with Crippen LogP contribution in [-0.4, -0.2) is 4.98 Å². The number of benzene rings is 1. The molecule has 2 heterocycles. The number of nitrogens with one attached hydrogen (secondary N) is 1. The van der Waals surface area contributed by atoms with Gasteiger partial charge < -0.3 is 0 Å². The van der Waals surface area contributed by atoms with Gasteiger partial charge in [-0.05, 0) is 66.0 Å². The number of hydrogen-bond donors (Lipinski definition) is 1. The number of nitrogens with zero attached hydrogens (tertiary/aromatic N) is 1. The van der Waals surface area contributed by atoms with E-state index in [1.165, 1.54) is 36.1 Å². The fourth-order valence-corrected chi connectivity index (χ4v) is 4.31. The second-order valence-electron chi connectivity index (χ2n) is 6.39. The van der Waals surface area contributed by atoms with Crippen LogP contribution in [0.3, 0.4) is 0 Å². The zero-order valence-electron chi connectivity index (χ0n) is 13.7. The molecule has 0 fully saturated rings. The second kappa shape index (κ2) is 7.29. The molecule has 122 valence electrons. The number of pyridine rings is 1. The molecule has 1 N–H and O–H groups in total. The van der Waals surface area contributed by atoms with Gasteiger partial charge in [-0.25, -0.2) is 0 Å². The highest BCUT2D eigenvalue weighted by atomic mass is 32.1. The summed E-state index contributed by atoms with van der Waals surface area (Å²) in [7, 11) is 0. The smallest absolute Gasteiger partial charge is 0.0674 e. The molecule has 0 amide bonds. The maximum Gasteiger partial charge on any atom is 0.0674 e. The van der Waals surface area contributed by atoms with Gasteiger partial charge in [-0.1, -0.05) is 30.3 Å². The third-order valence-electron chi connectivity index (χ3n) is 4.75. The Morgan fingerprint density at radius 3 is 2.71 bits per heavy atom. The number of hydrogen-bond acceptors (Lipinski definition) is 3. The molecule has 0 bridgehead atoms. The molecule has 1 aromatic carbocycles. The summed E-state index contributed by atoms with van der Waals surface area (Å²) in [4.78, 5) is 5.80. The zero-order valence-corrected chi connectivity index (χ0v) is 14.6. The average Bonchev–Trinajstić information content (AvgIpc) is 3.17. The lowest BCUT2D eigenvalue weighted by Crippen LogP contribution is -2.22. The molecule has 0 radical (unpaired) electrons. The van der Waals surface area contributed by atoms with Crippen molar-refractivity contribution in [2.45, 2.75) is 38.3 Å². The van der Waals surface area contributed by atoms with E-state index in [4.69, 9.17) is 0 Å². The molecule has 0 saturated heterocycles. The van der Waals surface area contributed by atoms with Gasteiger partial charge in [-0.3, -0.25) is 10.3 Å². The van der Waals surface area contributed by atoms with Gasteiger partial charge in [-0.15, -0.1) is 11.3 Å². The first kappa shape index (κ1) is 15.6. The van der Waals surface area contributed by atoms with Gasteiger partial charge in [0.15, 0.2) is 0 Å². The quantitative estimate of drug-likeness (QED) is 0.718. The molecule has 2 aromatic heterocycles. The Labute approximate surface area is 147 Å². The van der Waals surface area contributed by atoms with Gasteiger partial charge in [0, 0.05) is 17.6 Å². The van der Waals surface area contributed by atoms with Gasteiger partial charge in [0.05, 0.1) is 11.7 Å². The van der Waals surface area contributed by atoms with Crippen LogP contribution in [0.25, 0.3) is 0 Å². The minimum atomic E-state index is 0.235. The number of rotatable bonds is 5. The predicted octanol–water partition coefficient (Wildman–Crippen LogP) is 4.90. The Morgan fingerprint density at radius 2 is 1.92 bits per heavy atom. The minimum Gasteiger partial charge on any atom is -0.300 e. The van der Waals surface area contributed by atoms with Crippen LogP contribution in [0.2, 0.25) is 0 Å². The molecule has 1 aliphatic rings. The standard InChI is InChI=1S/C21H22N2S/c1-2-7-17-14-18(11-10-16(17)6-1)21(20-9-5-13-24-20)23-15-19-8-3-4-12-22-19/h3-5,8-14,21,23H,1-2,6-7,15H2/t21-/m1/s1. The zero-order chi connectivity index (χ0) is 16.2. The van der Waals surface area contributed by atoms with Gasteiger partial charge in [0.1, 0.15) is 0 Å². The third-order valence-corrected chi connectivity index (χ3v) is 5.68. The topological polar surface area (TPSA) is 24.9 Å². The molecule has 3 aromatic rings. The number of thiophene rings is 1. The lowest BCUT2D eigenvalue weighted by molar-refractivity contribution is 0.601. The van der Waals surface area contributed by atoms with E-state index >= 15 is 0 Å². The van der Waals surface area contributed by atoms with Crippen molar-refractivity contribution >= 4 is 11.3 Å². The van der Waals surface area contributed by atoms with Crippen molar-refractivity contribution in [2.24, 2.45) is 0 Å². The van der Waals surface area contributed by atoms with Gasteiger partial charge in [-0.2, -0.15) is 0 Å². The van der Waals surface area contributed by atoms with Crippen molar-refractivity contribution in [2.75, 3.05) is 0 Å². The molecule has 1 atom stereocenters. The van der Waals surface area contributed by atoms with Crippen LogP contribution < -0.4 is 5.32 Å². The summed E-state index contributed by atoms with van der Waals surface area (Å²) in [6.45, 7) is 0.778. The number of aryl methyl sites for hydroxylation is 2. The highest BCUT2D eigenvalue weighted by Gasteiger charge is 2.17. The largest absolute Gasteiger partial charge is 0.300 e. The van der Waals surface area contributed by atoms with Gasteiger partial charge in [0.25, 0.3) is 0 Å². The van der Waals surface area contributed by atoms with E-state index in [0.29, 0.717) is 0 Å². The maximum atomic E-state index is 4.44. The Morgan fingerprint density at radius 1 is 1.00 bits per heavy atom. The fraction of sp³-hybridized carbons (Fsp3) is 0.286. The van der Waals surface area contributed by atoms with Crippen LogP contribution in [0.5, 0.6) is 0 Å². The molecule has 0 saturated carbocycles. The van der Waals surface area contributed by atoms with Crippen LogP contribution >= 0.6 is 11.3 Å². The summed E-state index contributed by atoms with van der Waals surface area (Å²) in [5.74, 6) is 0. The highest BCUT2D eigenvalue weighted by molar-refractivity contribution is 7.10. The van der Waals surface area contributed by atoms with Crippen LogP contribution in [0.4, 0.5) is 0 Å². The highest BCUT2D eigenvalue weighted by Crippen LogP contribution is 2.30. The molecule has 1 aliphatic carbocycles. The summed E-state index contributed by atoms with van der Waals surface area (Å²) in [5, 5.41) is 5.87. The van der Waals surface area contributed by atoms with Crippen LogP contribution in [0, 0.1) is 0 Å². The Bertz CT molecular complexity index is 781. The maximum absolute atomic E-state index is 4.44. The van der Waals surface area contributed by atoms with E-state index in [2.05, 4.69) is 52.1 Å². The second-order valence-corrected chi connectivity index (χ2v) is 7.36. The molecule has 2 nitrogen and oxygen atoms in total. The van der Waals surface area contributed by atoms with Crippen molar-refractivity contribution in [3.05, 3.63) is 87.4 Å². The first-order chi connectivity index (χ1) is 11.9. The predicted molar refractivity (Wildman–Crippen MR) is 100 cm³/mol. The van der Waals surface area contributed by atoms with E-state index in [0.717, 1.165) is 12.2 Å². The number of aromatic nitrogens is 1. The van der Waals surface area contributed by atoms with Crippen molar-refractivity contribution in [3.8, 4) is 0 Å². The van der Waals surface area contributed by atoms with Crippen LogP contribution in [0.15, 0.2) is 60.1 Å². The van der Waals surface area contributed by atoms with E-state index in [1.54, 1.807) is 11.1 Å². The first-order valence-electron chi connectivity index (χ1n) is 8.68. The lowest BCUT2D eigenvalue weighted by Gasteiger charge is -2.22. The molecule has 3 heteroatoms. The van der Waals surface area contributed by atoms with Crippen molar-refractivity contribution in [1.29, 1.82) is 0 Å². The summed E-state index contributed by atoms with van der Waals surface area (Å²) in [6, 6.07) is 17.7. The summed E-state index contributed by atoms with van der Waals surface area (Å²) < 4.78 is 0. The summed E-state index contributed by atoms with van der Waals surface area (Å²) in [6.07, 6.45) is 6.97. The van der Waals surface area contributed by atoms with E-state index in [1.807, 2.05) is 29.7 Å². The number of fused-ring (bicyclic) bond motifs is 1. The monoisotopic (exact) mass is 334 g/mol. The Kier molecular flexibility index (Phi) is 4.72. The van der Waals surface area contributed by atoms with E-state index in [-0.39, 0.29) is 6.04 Å². The average molecular weight is 334 g/mol. The summed E-state index contributed by atoms with van der Waals surface area (Å²) in [5.41, 5.74) is 5.53. The van der Waals surface area contributed by atoms with Crippen molar-refractivity contribution in [1.82, 2.24) is 10.3 Å².